The van der Waals surface area contributed by atoms with Gasteiger partial charge in [0.05, 0.1) is 12.9 Å². The number of aromatic nitrogens is 2. The van der Waals surface area contributed by atoms with Gasteiger partial charge in [0.2, 0.25) is 0 Å². The third-order valence-corrected chi connectivity index (χ3v) is 2.37. The van der Waals surface area contributed by atoms with Gasteiger partial charge in [-0.2, -0.15) is 0 Å². The summed E-state index contributed by atoms with van der Waals surface area (Å²) in [6, 6.07) is 6.30. The van der Waals surface area contributed by atoms with Crippen LogP contribution in [0.5, 0.6) is 0 Å². The standard InChI is InChI=1S/C13H13FN2O2/c1-2-18-13(17)12-8-16(9-15-12)7-10-4-3-5-11(14)6-10/h3-6,8-9H,2,7H2,1H3. The van der Waals surface area contributed by atoms with Crippen molar-refractivity contribution in [1.82, 2.24) is 9.55 Å². The molecule has 5 heteroatoms. The van der Waals surface area contributed by atoms with Gasteiger partial charge in [-0.3, -0.25) is 0 Å². The maximum Gasteiger partial charge on any atom is 0.358 e. The number of carbonyl (C=O) groups excluding carboxylic acids is 1. The van der Waals surface area contributed by atoms with E-state index in [0.717, 1.165) is 5.56 Å². The van der Waals surface area contributed by atoms with Gasteiger partial charge in [-0.25, -0.2) is 14.2 Å². The first-order chi connectivity index (χ1) is 8.69. The summed E-state index contributed by atoms with van der Waals surface area (Å²) in [5.74, 6) is -0.728. The molecule has 4 nitrogen and oxygen atoms in total. The lowest BCUT2D eigenvalue weighted by Gasteiger charge is -2.02. The number of hydrogen-bond acceptors (Lipinski definition) is 3. The van der Waals surface area contributed by atoms with Crippen LogP contribution >= 0.6 is 0 Å². The number of esters is 1. The van der Waals surface area contributed by atoms with Gasteiger partial charge in [0.15, 0.2) is 5.69 Å². The first kappa shape index (κ1) is 12.3. The fourth-order valence-electron chi connectivity index (χ4n) is 1.60. The van der Waals surface area contributed by atoms with Gasteiger partial charge in [-0.15, -0.1) is 0 Å². The summed E-state index contributed by atoms with van der Waals surface area (Å²) in [6.45, 7) is 2.52. The third-order valence-electron chi connectivity index (χ3n) is 2.37. The molecule has 0 unspecified atom stereocenters. The van der Waals surface area contributed by atoms with Crippen molar-refractivity contribution in [2.45, 2.75) is 13.5 Å². The number of nitrogens with zero attached hydrogens (tertiary/aromatic N) is 2. The molecule has 0 saturated carbocycles. The molecule has 0 N–H and O–H groups in total. The Balaban J connectivity index is 2.09. The zero-order chi connectivity index (χ0) is 13.0. The minimum Gasteiger partial charge on any atom is -0.461 e. The Bertz CT molecular complexity index is 551. The zero-order valence-electron chi connectivity index (χ0n) is 9.97. The zero-order valence-corrected chi connectivity index (χ0v) is 9.97. The molecule has 0 amide bonds. The first-order valence-electron chi connectivity index (χ1n) is 5.62. The van der Waals surface area contributed by atoms with E-state index in [-0.39, 0.29) is 11.5 Å². The van der Waals surface area contributed by atoms with Gasteiger partial charge in [-0.1, -0.05) is 12.1 Å². The van der Waals surface area contributed by atoms with Crippen LogP contribution in [0, 0.1) is 5.82 Å². The first-order valence-corrected chi connectivity index (χ1v) is 5.62. The van der Waals surface area contributed by atoms with Crippen LogP contribution in [-0.2, 0) is 11.3 Å². The summed E-state index contributed by atoms with van der Waals surface area (Å²) in [5.41, 5.74) is 1.07. The minimum atomic E-state index is -0.449. The summed E-state index contributed by atoms with van der Waals surface area (Å²) >= 11 is 0. The topological polar surface area (TPSA) is 44.1 Å². The van der Waals surface area contributed by atoms with Crippen molar-refractivity contribution < 1.29 is 13.9 Å². The molecule has 0 fully saturated rings. The molecular weight excluding hydrogens is 235 g/mol. The minimum absolute atomic E-state index is 0.258. The highest BCUT2D eigenvalue weighted by molar-refractivity contribution is 5.86. The lowest BCUT2D eigenvalue weighted by molar-refractivity contribution is 0.0520. The fraction of sp³-hybridized carbons (Fsp3) is 0.231. The summed E-state index contributed by atoms with van der Waals surface area (Å²) < 4.78 is 19.5. The van der Waals surface area contributed by atoms with E-state index in [1.807, 2.05) is 6.07 Å². The van der Waals surface area contributed by atoms with E-state index in [0.29, 0.717) is 13.2 Å². The Morgan fingerprint density at radius 1 is 1.50 bits per heavy atom. The number of rotatable bonds is 4. The van der Waals surface area contributed by atoms with Gasteiger partial charge in [0, 0.05) is 12.7 Å². The molecule has 0 aliphatic rings. The van der Waals surface area contributed by atoms with Gasteiger partial charge in [-0.05, 0) is 24.6 Å². The van der Waals surface area contributed by atoms with Gasteiger partial charge in [0.25, 0.3) is 0 Å². The van der Waals surface area contributed by atoms with Gasteiger partial charge >= 0.3 is 5.97 Å². The van der Waals surface area contributed by atoms with Crippen molar-refractivity contribution in [2.75, 3.05) is 6.61 Å². The molecular formula is C13H13FN2O2. The van der Waals surface area contributed by atoms with E-state index in [1.54, 1.807) is 23.8 Å². The van der Waals surface area contributed by atoms with Gasteiger partial charge in [0.1, 0.15) is 5.82 Å². The molecule has 0 aliphatic carbocycles. The third kappa shape index (κ3) is 2.94. The number of carbonyl (C=O) groups is 1. The van der Waals surface area contributed by atoms with Crippen LogP contribution in [0.1, 0.15) is 23.0 Å². The Kier molecular flexibility index (Phi) is 3.72. The molecule has 0 atom stereocenters. The summed E-state index contributed by atoms with van der Waals surface area (Å²) in [7, 11) is 0. The lowest BCUT2D eigenvalue weighted by atomic mass is 10.2. The second kappa shape index (κ2) is 5.44. The highest BCUT2D eigenvalue weighted by Crippen LogP contribution is 2.07. The van der Waals surface area contributed by atoms with E-state index in [4.69, 9.17) is 4.74 Å². The fourth-order valence-corrected chi connectivity index (χ4v) is 1.60. The number of halogens is 1. The summed E-state index contributed by atoms with van der Waals surface area (Å²) in [5, 5.41) is 0. The van der Waals surface area contributed by atoms with Crippen LogP contribution < -0.4 is 0 Å². The maximum absolute atomic E-state index is 13.0. The Morgan fingerprint density at radius 2 is 2.33 bits per heavy atom. The highest BCUT2D eigenvalue weighted by atomic mass is 19.1. The Hall–Kier alpha value is -2.17. The number of ether oxygens (including phenoxy) is 1. The van der Waals surface area contributed by atoms with E-state index in [9.17, 15) is 9.18 Å². The normalized spacial score (nSPS) is 10.3. The number of hydrogen-bond donors (Lipinski definition) is 0. The molecule has 0 bridgehead atoms. The van der Waals surface area contributed by atoms with E-state index in [2.05, 4.69) is 4.98 Å². The van der Waals surface area contributed by atoms with Crippen molar-refractivity contribution in [3.05, 3.63) is 53.9 Å². The maximum atomic E-state index is 13.0. The molecule has 0 aliphatic heterocycles. The molecule has 94 valence electrons. The van der Waals surface area contributed by atoms with E-state index < -0.39 is 5.97 Å². The van der Waals surface area contributed by atoms with Crippen molar-refractivity contribution in [1.29, 1.82) is 0 Å². The average molecular weight is 248 g/mol. The molecule has 1 aromatic carbocycles. The highest BCUT2D eigenvalue weighted by Gasteiger charge is 2.09. The predicted molar refractivity (Wildman–Crippen MR) is 63.7 cm³/mol. The second-order valence-corrected chi connectivity index (χ2v) is 3.78. The molecule has 2 aromatic rings. The molecule has 1 heterocycles. The lowest BCUT2D eigenvalue weighted by Crippen LogP contribution is -2.05. The van der Waals surface area contributed by atoms with E-state index in [1.165, 1.54) is 18.5 Å². The van der Waals surface area contributed by atoms with Crippen LogP contribution in [0.3, 0.4) is 0 Å². The quantitative estimate of drug-likeness (QED) is 0.779. The van der Waals surface area contributed by atoms with Gasteiger partial charge < -0.3 is 9.30 Å². The smallest absolute Gasteiger partial charge is 0.358 e. The molecule has 0 spiro atoms. The molecule has 0 radical (unpaired) electrons. The molecule has 18 heavy (non-hydrogen) atoms. The molecule has 0 saturated heterocycles. The Morgan fingerprint density at radius 3 is 3.06 bits per heavy atom. The van der Waals surface area contributed by atoms with Crippen LogP contribution in [-0.4, -0.2) is 22.1 Å². The van der Waals surface area contributed by atoms with E-state index >= 15 is 0 Å². The number of imidazole rings is 1. The monoisotopic (exact) mass is 248 g/mol. The largest absolute Gasteiger partial charge is 0.461 e. The summed E-state index contributed by atoms with van der Waals surface area (Å²) in [4.78, 5) is 15.4. The average Bonchev–Trinajstić information content (AvgIpc) is 2.78. The van der Waals surface area contributed by atoms with Crippen LogP contribution in [0.25, 0.3) is 0 Å². The van der Waals surface area contributed by atoms with Crippen LogP contribution in [0.2, 0.25) is 0 Å². The second-order valence-electron chi connectivity index (χ2n) is 3.78. The predicted octanol–water partition coefficient (Wildman–Crippen LogP) is 2.25. The van der Waals surface area contributed by atoms with Crippen molar-refractivity contribution >= 4 is 5.97 Å². The van der Waals surface area contributed by atoms with Crippen molar-refractivity contribution in [3.63, 3.8) is 0 Å². The van der Waals surface area contributed by atoms with Crippen molar-refractivity contribution in [3.8, 4) is 0 Å². The number of benzene rings is 1. The van der Waals surface area contributed by atoms with Crippen LogP contribution in [0.4, 0.5) is 4.39 Å². The molecule has 1 aromatic heterocycles. The Labute approximate surface area is 104 Å². The van der Waals surface area contributed by atoms with Crippen LogP contribution in [0.15, 0.2) is 36.8 Å². The molecule has 2 rings (SSSR count). The SMILES string of the molecule is CCOC(=O)c1cn(Cc2cccc(F)c2)cn1. The van der Waals surface area contributed by atoms with Crippen molar-refractivity contribution in [2.24, 2.45) is 0 Å². The summed E-state index contributed by atoms with van der Waals surface area (Å²) in [6.07, 6.45) is 3.11.